The molecule has 0 radical (unpaired) electrons. The van der Waals surface area contributed by atoms with Gasteiger partial charge in [-0.2, -0.15) is 0 Å². The lowest BCUT2D eigenvalue weighted by Crippen LogP contribution is -1.83. The number of aromatic amines is 1. The molecule has 0 saturated heterocycles. The number of hydrogen-bond donors (Lipinski definition) is 1. The molecule has 2 aromatic carbocycles. The zero-order valence-corrected chi connectivity index (χ0v) is 14.1. The number of nitrogens with zero attached hydrogens (tertiary/aromatic N) is 1. The first kappa shape index (κ1) is 13.1. The molecule has 0 aliphatic carbocycles. The molecule has 19 heavy (non-hydrogen) atoms. The van der Waals surface area contributed by atoms with E-state index in [-0.39, 0.29) is 0 Å². The second-order valence-electron chi connectivity index (χ2n) is 4.41. The summed E-state index contributed by atoms with van der Waals surface area (Å²) in [5.41, 5.74) is 4.53. The molecule has 2 nitrogen and oxygen atoms in total. The summed E-state index contributed by atoms with van der Waals surface area (Å²) in [6, 6.07) is 12.7. The molecule has 3 rings (SSSR count). The molecule has 0 atom stereocenters. The fourth-order valence-electron chi connectivity index (χ4n) is 2.08. The van der Waals surface area contributed by atoms with Gasteiger partial charge in [0, 0.05) is 13.6 Å². The predicted molar refractivity (Wildman–Crippen MR) is 91.3 cm³/mol. The van der Waals surface area contributed by atoms with Gasteiger partial charge in [-0.1, -0.05) is 28.9 Å². The first-order valence-corrected chi connectivity index (χ1v) is 7.98. The topological polar surface area (TPSA) is 28.7 Å². The van der Waals surface area contributed by atoms with Gasteiger partial charge in [0.1, 0.15) is 5.82 Å². The quantitative estimate of drug-likeness (QED) is 0.563. The van der Waals surface area contributed by atoms with Gasteiger partial charge in [-0.3, -0.25) is 0 Å². The summed E-state index contributed by atoms with van der Waals surface area (Å²) in [4.78, 5) is 8.08. The Balaban J connectivity index is 2.17. The van der Waals surface area contributed by atoms with E-state index in [1.165, 1.54) is 9.13 Å². The first-order valence-electron chi connectivity index (χ1n) is 6.11. The van der Waals surface area contributed by atoms with E-state index in [0.29, 0.717) is 0 Å². The van der Waals surface area contributed by atoms with Crippen LogP contribution in [0.25, 0.3) is 22.4 Å². The third kappa shape index (κ3) is 2.56. The van der Waals surface area contributed by atoms with Gasteiger partial charge in [0.05, 0.1) is 11.0 Å². The second kappa shape index (κ2) is 5.25. The number of nitrogens with one attached hydrogen (secondary N) is 1. The van der Waals surface area contributed by atoms with E-state index in [9.17, 15) is 0 Å². The highest BCUT2D eigenvalue weighted by molar-refractivity contribution is 14.1. The lowest BCUT2D eigenvalue weighted by molar-refractivity contribution is 1.14. The van der Waals surface area contributed by atoms with Gasteiger partial charge in [-0.25, -0.2) is 4.98 Å². The van der Waals surface area contributed by atoms with E-state index < -0.39 is 0 Å². The van der Waals surface area contributed by atoms with Crippen LogP contribution in [0.15, 0.2) is 40.9 Å². The van der Waals surface area contributed by atoms with E-state index in [0.717, 1.165) is 33.3 Å². The van der Waals surface area contributed by atoms with Gasteiger partial charge < -0.3 is 4.98 Å². The lowest BCUT2D eigenvalue weighted by Gasteiger charge is -2.01. The summed E-state index contributed by atoms with van der Waals surface area (Å²) in [7, 11) is 0. The molecule has 0 amide bonds. The number of fused-ring (bicyclic) bond motifs is 1. The molecular formula is C15H12BrIN2. The Morgan fingerprint density at radius 1 is 1.21 bits per heavy atom. The molecule has 3 aromatic rings. The van der Waals surface area contributed by atoms with E-state index in [4.69, 9.17) is 0 Å². The van der Waals surface area contributed by atoms with Crippen LogP contribution in [0.1, 0.15) is 12.5 Å². The van der Waals surface area contributed by atoms with Gasteiger partial charge in [-0.15, -0.1) is 0 Å². The maximum absolute atomic E-state index is 4.67. The molecule has 0 fully saturated rings. The van der Waals surface area contributed by atoms with Gasteiger partial charge >= 0.3 is 0 Å². The summed E-state index contributed by atoms with van der Waals surface area (Å²) in [5.74, 6) is 0.911. The number of aryl methyl sites for hydroxylation is 1. The average molecular weight is 427 g/mol. The van der Waals surface area contributed by atoms with E-state index in [1.54, 1.807) is 0 Å². The van der Waals surface area contributed by atoms with Crippen LogP contribution < -0.4 is 0 Å². The molecule has 1 N–H and O–H groups in total. The van der Waals surface area contributed by atoms with E-state index in [2.05, 4.69) is 91.8 Å². The fraction of sp³-hybridized carbons (Fsp3) is 0.133. The summed E-state index contributed by atoms with van der Waals surface area (Å²) >= 11 is 5.91. The summed E-state index contributed by atoms with van der Waals surface area (Å²) in [6.07, 6.45) is 1.04. The predicted octanol–water partition coefficient (Wildman–Crippen LogP) is 5.16. The molecule has 0 unspecified atom stereocenters. The van der Waals surface area contributed by atoms with Crippen molar-refractivity contribution in [3.05, 3.63) is 50.0 Å². The second-order valence-corrected chi connectivity index (χ2v) is 6.51. The molecule has 0 bridgehead atoms. The number of rotatable bonds is 2. The van der Waals surface area contributed by atoms with Crippen molar-refractivity contribution in [2.45, 2.75) is 13.3 Å². The van der Waals surface area contributed by atoms with E-state index >= 15 is 0 Å². The normalized spacial score (nSPS) is 11.1. The van der Waals surface area contributed by atoms with Crippen molar-refractivity contribution in [3.8, 4) is 11.4 Å². The number of halogens is 2. The number of benzene rings is 2. The van der Waals surface area contributed by atoms with Gasteiger partial charge in [0.15, 0.2) is 0 Å². The van der Waals surface area contributed by atoms with Crippen molar-refractivity contribution in [2.24, 2.45) is 0 Å². The Kier molecular flexibility index (Phi) is 3.62. The highest BCUT2D eigenvalue weighted by atomic mass is 127. The van der Waals surface area contributed by atoms with Crippen molar-refractivity contribution < 1.29 is 0 Å². The SMILES string of the molecule is CCc1ccc2nc(-c3cc(I)ccc3Br)[nH]c2c1. The average Bonchev–Trinajstić information content (AvgIpc) is 2.83. The third-order valence-corrected chi connectivity index (χ3v) is 4.50. The minimum absolute atomic E-state index is 0.911. The molecule has 0 spiro atoms. The van der Waals surface area contributed by atoms with Crippen LogP contribution in [0, 0.1) is 3.57 Å². The summed E-state index contributed by atoms with van der Waals surface area (Å²) < 4.78 is 2.26. The van der Waals surface area contributed by atoms with Crippen molar-refractivity contribution in [1.29, 1.82) is 0 Å². The van der Waals surface area contributed by atoms with Crippen LogP contribution in [0.2, 0.25) is 0 Å². The number of H-pyrrole nitrogens is 1. The minimum Gasteiger partial charge on any atom is -0.338 e. The molecule has 0 aliphatic heterocycles. The van der Waals surface area contributed by atoms with Crippen LogP contribution in [0.5, 0.6) is 0 Å². The summed E-state index contributed by atoms with van der Waals surface area (Å²) in [5, 5.41) is 0. The zero-order valence-electron chi connectivity index (χ0n) is 10.4. The summed E-state index contributed by atoms with van der Waals surface area (Å²) in [6.45, 7) is 2.16. The lowest BCUT2D eigenvalue weighted by atomic mass is 10.1. The maximum atomic E-state index is 4.67. The first-order chi connectivity index (χ1) is 9.17. The van der Waals surface area contributed by atoms with Gasteiger partial charge in [-0.05, 0) is 64.9 Å². The van der Waals surface area contributed by atoms with Gasteiger partial charge in [0.2, 0.25) is 0 Å². The van der Waals surface area contributed by atoms with Crippen LogP contribution in [0.4, 0.5) is 0 Å². The van der Waals surface area contributed by atoms with Crippen molar-refractivity contribution >= 4 is 49.6 Å². The minimum atomic E-state index is 0.911. The number of imidazole rings is 1. The largest absolute Gasteiger partial charge is 0.338 e. The van der Waals surface area contributed by atoms with Crippen LogP contribution in [-0.2, 0) is 6.42 Å². The zero-order chi connectivity index (χ0) is 13.4. The van der Waals surface area contributed by atoms with E-state index in [1.807, 2.05) is 0 Å². The number of hydrogen-bond acceptors (Lipinski definition) is 1. The van der Waals surface area contributed by atoms with Crippen LogP contribution in [-0.4, -0.2) is 9.97 Å². The smallest absolute Gasteiger partial charge is 0.139 e. The molecule has 4 heteroatoms. The maximum Gasteiger partial charge on any atom is 0.139 e. The Morgan fingerprint density at radius 2 is 2.05 bits per heavy atom. The Morgan fingerprint density at radius 3 is 2.84 bits per heavy atom. The Bertz CT molecular complexity index is 749. The standard InChI is InChI=1S/C15H12BrIN2/c1-2-9-3-6-13-14(7-9)19-15(18-13)11-8-10(17)4-5-12(11)16/h3-8H,2H2,1H3,(H,18,19). The Labute approximate surface area is 133 Å². The van der Waals surface area contributed by atoms with Crippen LogP contribution in [0.3, 0.4) is 0 Å². The molecule has 1 aromatic heterocycles. The molecule has 96 valence electrons. The highest BCUT2D eigenvalue weighted by Gasteiger charge is 2.09. The monoisotopic (exact) mass is 426 g/mol. The van der Waals surface area contributed by atoms with Crippen molar-refractivity contribution in [1.82, 2.24) is 9.97 Å². The fourth-order valence-corrected chi connectivity index (χ4v) is 3.01. The number of aromatic nitrogens is 2. The molecular weight excluding hydrogens is 415 g/mol. The molecule has 0 aliphatic rings. The molecule has 0 saturated carbocycles. The van der Waals surface area contributed by atoms with Gasteiger partial charge in [0.25, 0.3) is 0 Å². The van der Waals surface area contributed by atoms with Crippen molar-refractivity contribution in [3.63, 3.8) is 0 Å². The molecule has 1 heterocycles. The Hall–Kier alpha value is -0.880. The third-order valence-electron chi connectivity index (χ3n) is 3.14. The van der Waals surface area contributed by atoms with Crippen molar-refractivity contribution in [2.75, 3.05) is 0 Å². The highest BCUT2D eigenvalue weighted by Crippen LogP contribution is 2.29. The van der Waals surface area contributed by atoms with Crippen LogP contribution >= 0.6 is 38.5 Å².